The number of anilines is 1. The number of aliphatic hydroxyl groups excluding tert-OH is 1. The number of rotatable bonds is 1. The zero-order valence-electron chi connectivity index (χ0n) is 11.6. The summed E-state index contributed by atoms with van der Waals surface area (Å²) in [6.45, 7) is 6.98. The van der Waals surface area contributed by atoms with Gasteiger partial charge in [-0.05, 0) is 6.92 Å². The van der Waals surface area contributed by atoms with E-state index in [2.05, 4.69) is 10.2 Å². The third-order valence-corrected chi connectivity index (χ3v) is 3.17. The molecule has 1 fully saturated rings. The number of amides is 2. The maximum Gasteiger partial charge on any atom is 0.332 e. The molecule has 0 bridgehead atoms. The van der Waals surface area contributed by atoms with Gasteiger partial charge in [0.05, 0.1) is 0 Å². The van der Waals surface area contributed by atoms with Gasteiger partial charge >= 0.3 is 12.0 Å². The molecule has 0 aromatic carbocycles. The Morgan fingerprint density at radius 3 is 2.32 bits per heavy atom. The molecule has 2 rings (SSSR count). The SMILES string of the molecule is CN1C(=O)N(c2nnc(C(C)(C)C)o2)C(O)C1(C)O. The van der Waals surface area contributed by atoms with E-state index < -0.39 is 18.0 Å². The number of aromatic nitrogens is 2. The van der Waals surface area contributed by atoms with Crippen molar-refractivity contribution in [2.45, 2.75) is 45.1 Å². The Hall–Kier alpha value is -1.67. The second kappa shape index (κ2) is 3.91. The van der Waals surface area contributed by atoms with Crippen molar-refractivity contribution in [1.29, 1.82) is 0 Å². The lowest BCUT2D eigenvalue weighted by Crippen LogP contribution is -2.47. The fraction of sp³-hybridized carbons (Fsp3) is 0.727. The van der Waals surface area contributed by atoms with Crippen molar-refractivity contribution in [1.82, 2.24) is 15.1 Å². The van der Waals surface area contributed by atoms with Crippen LogP contribution in [0, 0.1) is 0 Å². The van der Waals surface area contributed by atoms with E-state index in [0.717, 1.165) is 9.80 Å². The predicted molar refractivity (Wildman–Crippen MR) is 65.3 cm³/mol. The van der Waals surface area contributed by atoms with E-state index in [1.165, 1.54) is 14.0 Å². The van der Waals surface area contributed by atoms with Crippen LogP contribution in [0.1, 0.15) is 33.6 Å². The van der Waals surface area contributed by atoms with Crippen molar-refractivity contribution in [2.24, 2.45) is 0 Å². The van der Waals surface area contributed by atoms with E-state index in [1.807, 2.05) is 20.8 Å². The minimum absolute atomic E-state index is 0.132. The van der Waals surface area contributed by atoms with E-state index in [-0.39, 0.29) is 11.4 Å². The third kappa shape index (κ3) is 1.96. The lowest BCUT2D eigenvalue weighted by Gasteiger charge is -2.26. The van der Waals surface area contributed by atoms with Crippen LogP contribution in [0.25, 0.3) is 0 Å². The first-order valence-electron chi connectivity index (χ1n) is 5.88. The standard InChI is InChI=1S/C11H18N4O4/c1-10(2,3)6-12-13-8(19-6)15-7(16)11(4,18)14(5)9(15)17/h7,16,18H,1-5H3. The minimum Gasteiger partial charge on any atom is -0.407 e. The molecule has 8 heteroatoms. The normalized spacial score (nSPS) is 28.4. The van der Waals surface area contributed by atoms with E-state index in [1.54, 1.807) is 0 Å². The molecule has 1 aromatic rings. The molecule has 1 aliphatic heterocycles. The fourth-order valence-corrected chi connectivity index (χ4v) is 1.68. The molecule has 19 heavy (non-hydrogen) atoms. The van der Waals surface area contributed by atoms with Crippen molar-refractivity contribution in [3.8, 4) is 0 Å². The van der Waals surface area contributed by atoms with Crippen LogP contribution < -0.4 is 4.90 Å². The number of hydrogen-bond donors (Lipinski definition) is 2. The summed E-state index contributed by atoms with van der Waals surface area (Å²) >= 11 is 0. The molecule has 1 saturated heterocycles. The number of carbonyl (C=O) groups excluding carboxylic acids is 1. The van der Waals surface area contributed by atoms with E-state index in [0.29, 0.717) is 5.89 Å². The van der Waals surface area contributed by atoms with Crippen molar-refractivity contribution in [2.75, 3.05) is 11.9 Å². The maximum atomic E-state index is 12.0. The highest BCUT2D eigenvalue weighted by atomic mass is 16.4. The Balaban J connectivity index is 2.38. The average molecular weight is 270 g/mol. The van der Waals surface area contributed by atoms with Gasteiger partial charge in [-0.3, -0.25) is 4.90 Å². The summed E-state index contributed by atoms with van der Waals surface area (Å²) in [4.78, 5) is 13.9. The van der Waals surface area contributed by atoms with Crippen LogP contribution in [-0.4, -0.2) is 50.3 Å². The Morgan fingerprint density at radius 1 is 1.37 bits per heavy atom. The molecule has 2 atom stereocenters. The van der Waals surface area contributed by atoms with Gasteiger partial charge in [-0.1, -0.05) is 25.9 Å². The highest BCUT2D eigenvalue weighted by molar-refractivity contribution is 5.93. The molecule has 0 aliphatic carbocycles. The summed E-state index contributed by atoms with van der Waals surface area (Å²) in [6.07, 6.45) is -1.47. The highest BCUT2D eigenvalue weighted by Crippen LogP contribution is 2.33. The van der Waals surface area contributed by atoms with Gasteiger partial charge in [-0.2, -0.15) is 0 Å². The van der Waals surface area contributed by atoms with Crippen LogP contribution in [0.4, 0.5) is 10.8 Å². The van der Waals surface area contributed by atoms with Gasteiger partial charge < -0.3 is 14.6 Å². The second-order valence-electron chi connectivity index (χ2n) is 5.82. The minimum atomic E-state index is -1.71. The van der Waals surface area contributed by atoms with Crippen LogP contribution in [0.5, 0.6) is 0 Å². The second-order valence-corrected chi connectivity index (χ2v) is 5.82. The topological polar surface area (TPSA) is 103 Å². The first kappa shape index (κ1) is 13.8. The van der Waals surface area contributed by atoms with Gasteiger partial charge in [-0.15, -0.1) is 5.10 Å². The van der Waals surface area contributed by atoms with Crippen LogP contribution >= 0.6 is 0 Å². The molecule has 0 radical (unpaired) electrons. The maximum absolute atomic E-state index is 12.0. The quantitative estimate of drug-likeness (QED) is 0.759. The van der Waals surface area contributed by atoms with Gasteiger partial charge in [0.2, 0.25) is 5.89 Å². The summed E-state index contributed by atoms with van der Waals surface area (Å²) in [7, 11) is 1.38. The van der Waals surface area contributed by atoms with Gasteiger partial charge in [0, 0.05) is 12.5 Å². The summed E-state index contributed by atoms with van der Waals surface area (Å²) in [6, 6.07) is -0.742. The monoisotopic (exact) mass is 270 g/mol. The smallest absolute Gasteiger partial charge is 0.332 e. The number of aliphatic hydroxyl groups is 2. The average Bonchev–Trinajstić information content (AvgIpc) is 2.81. The number of nitrogens with zero attached hydrogens (tertiary/aromatic N) is 4. The van der Waals surface area contributed by atoms with E-state index >= 15 is 0 Å². The van der Waals surface area contributed by atoms with Gasteiger partial charge in [-0.25, -0.2) is 9.69 Å². The van der Waals surface area contributed by atoms with Gasteiger partial charge in [0.1, 0.15) is 0 Å². The van der Waals surface area contributed by atoms with Crippen molar-refractivity contribution < 1.29 is 19.4 Å². The molecule has 106 valence electrons. The number of hydrogen-bond acceptors (Lipinski definition) is 6. The molecule has 2 unspecified atom stereocenters. The summed E-state index contributed by atoms with van der Waals surface area (Å²) < 4.78 is 5.40. The lowest BCUT2D eigenvalue weighted by molar-refractivity contribution is -0.109. The van der Waals surface area contributed by atoms with Gasteiger partial charge in [0.25, 0.3) is 0 Å². The zero-order chi connectivity index (χ0) is 14.6. The third-order valence-electron chi connectivity index (χ3n) is 3.17. The molecule has 8 nitrogen and oxygen atoms in total. The first-order chi connectivity index (χ1) is 8.56. The van der Waals surface area contributed by atoms with Crippen LogP contribution in [0.2, 0.25) is 0 Å². The Morgan fingerprint density at radius 2 is 1.95 bits per heavy atom. The van der Waals surface area contributed by atoms with Crippen LogP contribution in [-0.2, 0) is 5.41 Å². The molecular weight excluding hydrogens is 252 g/mol. The Kier molecular flexibility index (Phi) is 2.83. The molecule has 1 aromatic heterocycles. The van der Waals surface area contributed by atoms with Gasteiger partial charge in [0.15, 0.2) is 12.0 Å². The van der Waals surface area contributed by atoms with E-state index in [4.69, 9.17) is 4.42 Å². The van der Waals surface area contributed by atoms with Crippen molar-refractivity contribution in [3.05, 3.63) is 5.89 Å². The van der Waals surface area contributed by atoms with Crippen molar-refractivity contribution >= 4 is 12.0 Å². The van der Waals surface area contributed by atoms with Crippen LogP contribution in [0.15, 0.2) is 4.42 Å². The highest BCUT2D eigenvalue weighted by Gasteiger charge is 2.53. The largest absolute Gasteiger partial charge is 0.407 e. The number of urea groups is 1. The Bertz CT molecular complexity index is 505. The van der Waals surface area contributed by atoms with E-state index in [9.17, 15) is 15.0 Å². The first-order valence-corrected chi connectivity index (χ1v) is 5.88. The molecular formula is C11H18N4O4. The number of carbonyl (C=O) groups is 1. The molecule has 0 spiro atoms. The molecule has 0 saturated carbocycles. The number of likely N-dealkylation sites (N-methyl/N-ethyl adjacent to an activating group) is 1. The molecule has 1 aliphatic rings. The molecule has 2 heterocycles. The molecule has 2 N–H and O–H groups in total. The zero-order valence-corrected chi connectivity index (χ0v) is 11.6. The predicted octanol–water partition coefficient (Wildman–Crippen LogP) is 0.266. The fourth-order valence-electron chi connectivity index (χ4n) is 1.68. The van der Waals surface area contributed by atoms with Crippen LogP contribution in [0.3, 0.4) is 0 Å². The summed E-state index contributed by atoms with van der Waals surface area (Å²) in [5.41, 5.74) is -2.08. The molecule has 2 amide bonds. The summed E-state index contributed by atoms with van der Waals surface area (Å²) in [5, 5.41) is 27.6. The lowest BCUT2D eigenvalue weighted by atomic mass is 9.97. The van der Waals surface area contributed by atoms with Crippen molar-refractivity contribution in [3.63, 3.8) is 0 Å². The Labute approximate surface area is 110 Å². The summed E-state index contributed by atoms with van der Waals surface area (Å²) in [5.74, 6) is 0.344.